The van der Waals surface area contributed by atoms with Gasteiger partial charge in [0.2, 0.25) is 0 Å². The molecule has 5 heteroatoms. The Morgan fingerprint density at radius 1 is 1.28 bits per heavy atom. The minimum Gasteiger partial charge on any atom is -0.493 e. The van der Waals surface area contributed by atoms with Gasteiger partial charge < -0.3 is 19.0 Å². The summed E-state index contributed by atoms with van der Waals surface area (Å²) in [5.41, 5.74) is 2.09. The third kappa shape index (κ3) is 1.88. The van der Waals surface area contributed by atoms with Gasteiger partial charge in [-0.2, -0.15) is 0 Å². The average molecular weight is 264 g/mol. The molecule has 1 heterocycles. The fraction of sp³-hybridized carbons (Fsp3) is 0.462. The Kier molecular flexibility index (Phi) is 2.78. The van der Waals surface area contributed by atoms with Gasteiger partial charge in [0.25, 0.3) is 0 Å². The molecule has 1 fully saturated rings. The lowest BCUT2D eigenvalue weighted by atomic mass is 10.2. The number of H-pyrrole nitrogens is 1. The first kappa shape index (κ1) is 11.6. The van der Waals surface area contributed by atoms with E-state index in [0.29, 0.717) is 0 Å². The molecular formula is C13H16N2O2S. The molecular weight excluding hydrogens is 248 g/mol. The summed E-state index contributed by atoms with van der Waals surface area (Å²) in [4.78, 5) is 3.23. The van der Waals surface area contributed by atoms with Crippen LogP contribution in [-0.4, -0.2) is 23.8 Å². The van der Waals surface area contributed by atoms with Crippen LogP contribution in [-0.2, 0) is 6.54 Å². The van der Waals surface area contributed by atoms with Gasteiger partial charge in [0.15, 0.2) is 16.3 Å². The van der Waals surface area contributed by atoms with Crippen LogP contribution in [0.2, 0.25) is 0 Å². The molecule has 0 spiro atoms. The fourth-order valence-electron chi connectivity index (χ4n) is 2.22. The molecule has 0 atom stereocenters. The fourth-order valence-corrected chi connectivity index (χ4v) is 2.51. The summed E-state index contributed by atoms with van der Waals surface area (Å²) in [6, 6.07) is 3.93. The summed E-state index contributed by atoms with van der Waals surface area (Å²) in [5, 5.41) is 0. The molecule has 1 aliphatic carbocycles. The van der Waals surface area contributed by atoms with Crippen molar-refractivity contribution in [2.45, 2.75) is 19.4 Å². The Labute approximate surface area is 111 Å². The Balaban J connectivity index is 2.17. The highest BCUT2D eigenvalue weighted by Crippen LogP contribution is 2.35. The maximum Gasteiger partial charge on any atom is 0.178 e. The maximum atomic E-state index is 5.38. The van der Waals surface area contributed by atoms with Crippen molar-refractivity contribution < 1.29 is 9.47 Å². The molecule has 18 heavy (non-hydrogen) atoms. The third-order valence-electron chi connectivity index (χ3n) is 3.42. The number of imidazole rings is 1. The molecule has 1 saturated carbocycles. The van der Waals surface area contributed by atoms with Crippen molar-refractivity contribution >= 4 is 23.3 Å². The van der Waals surface area contributed by atoms with Crippen LogP contribution in [0.25, 0.3) is 11.0 Å². The van der Waals surface area contributed by atoms with Crippen LogP contribution >= 0.6 is 12.2 Å². The molecule has 0 aliphatic heterocycles. The van der Waals surface area contributed by atoms with Crippen LogP contribution in [0.4, 0.5) is 0 Å². The number of nitrogens with zero attached hydrogens (tertiary/aromatic N) is 1. The number of aromatic nitrogens is 2. The summed E-state index contributed by atoms with van der Waals surface area (Å²) in [6.07, 6.45) is 2.61. The second-order valence-electron chi connectivity index (χ2n) is 4.71. The zero-order chi connectivity index (χ0) is 12.7. The lowest BCUT2D eigenvalue weighted by molar-refractivity contribution is 0.355. The van der Waals surface area contributed by atoms with Crippen molar-refractivity contribution in [1.82, 2.24) is 9.55 Å². The van der Waals surface area contributed by atoms with Crippen LogP contribution in [0.5, 0.6) is 11.5 Å². The lowest BCUT2D eigenvalue weighted by Gasteiger charge is -2.08. The molecule has 1 aromatic heterocycles. The molecule has 0 radical (unpaired) electrons. The van der Waals surface area contributed by atoms with Crippen molar-refractivity contribution in [3.05, 3.63) is 16.9 Å². The summed E-state index contributed by atoms with van der Waals surface area (Å²) in [5.74, 6) is 2.24. The lowest BCUT2D eigenvalue weighted by Crippen LogP contribution is -1.99. The first-order chi connectivity index (χ1) is 8.72. The number of ether oxygens (including phenoxy) is 2. The highest BCUT2D eigenvalue weighted by molar-refractivity contribution is 7.71. The van der Waals surface area contributed by atoms with Crippen molar-refractivity contribution in [3.63, 3.8) is 0 Å². The summed E-state index contributed by atoms with van der Waals surface area (Å²) in [7, 11) is 3.29. The van der Waals surface area contributed by atoms with Crippen molar-refractivity contribution in [3.8, 4) is 11.5 Å². The zero-order valence-corrected chi connectivity index (χ0v) is 11.3. The van der Waals surface area contributed by atoms with Crippen LogP contribution in [0.3, 0.4) is 0 Å². The summed E-state index contributed by atoms with van der Waals surface area (Å²) < 4.78 is 13.6. The second-order valence-corrected chi connectivity index (χ2v) is 5.10. The van der Waals surface area contributed by atoms with E-state index >= 15 is 0 Å². The number of fused-ring (bicyclic) bond motifs is 1. The Morgan fingerprint density at radius 3 is 2.56 bits per heavy atom. The van der Waals surface area contributed by atoms with E-state index in [1.165, 1.54) is 12.8 Å². The Bertz CT molecular complexity index is 640. The van der Waals surface area contributed by atoms with Crippen molar-refractivity contribution in [2.75, 3.05) is 14.2 Å². The highest BCUT2D eigenvalue weighted by atomic mass is 32.1. The number of benzene rings is 1. The molecule has 0 unspecified atom stereocenters. The van der Waals surface area contributed by atoms with Gasteiger partial charge >= 0.3 is 0 Å². The predicted molar refractivity (Wildman–Crippen MR) is 73.0 cm³/mol. The van der Waals surface area contributed by atoms with Crippen LogP contribution < -0.4 is 9.47 Å². The summed E-state index contributed by atoms with van der Waals surface area (Å²) >= 11 is 5.38. The van der Waals surface area contributed by atoms with E-state index in [1.54, 1.807) is 14.2 Å². The minimum atomic E-state index is 0.722. The molecule has 0 saturated heterocycles. The van der Waals surface area contributed by atoms with Gasteiger partial charge in [-0.3, -0.25) is 0 Å². The maximum absolute atomic E-state index is 5.38. The van der Waals surface area contributed by atoms with Crippen LogP contribution in [0.1, 0.15) is 12.8 Å². The Hall–Kier alpha value is -1.49. The Morgan fingerprint density at radius 2 is 1.94 bits per heavy atom. The molecule has 1 aromatic carbocycles. The first-order valence-corrected chi connectivity index (χ1v) is 6.48. The van der Waals surface area contributed by atoms with Crippen LogP contribution in [0, 0.1) is 10.7 Å². The van der Waals surface area contributed by atoms with E-state index in [1.807, 2.05) is 12.1 Å². The van der Waals surface area contributed by atoms with E-state index in [4.69, 9.17) is 21.7 Å². The molecule has 3 rings (SSSR count). The number of hydrogen-bond donors (Lipinski definition) is 1. The van der Waals surface area contributed by atoms with E-state index in [0.717, 1.165) is 39.8 Å². The molecule has 4 nitrogen and oxygen atoms in total. The van der Waals surface area contributed by atoms with E-state index in [2.05, 4.69) is 9.55 Å². The number of rotatable bonds is 4. The van der Waals surface area contributed by atoms with Crippen LogP contribution in [0.15, 0.2) is 12.1 Å². The smallest absolute Gasteiger partial charge is 0.178 e. The van der Waals surface area contributed by atoms with Gasteiger partial charge in [0.1, 0.15) is 0 Å². The van der Waals surface area contributed by atoms with Gasteiger partial charge in [-0.15, -0.1) is 0 Å². The predicted octanol–water partition coefficient (Wildman–Crippen LogP) is 3.13. The third-order valence-corrected chi connectivity index (χ3v) is 3.74. The number of methoxy groups -OCH3 is 2. The van der Waals surface area contributed by atoms with E-state index in [9.17, 15) is 0 Å². The number of aromatic amines is 1. The monoisotopic (exact) mass is 264 g/mol. The van der Waals surface area contributed by atoms with Gasteiger partial charge in [0.05, 0.1) is 25.3 Å². The van der Waals surface area contributed by atoms with Crippen molar-refractivity contribution in [1.29, 1.82) is 0 Å². The molecule has 96 valence electrons. The molecule has 1 aliphatic rings. The van der Waals surface area contributed by atoms with E-state index in [-0.39, 0.29) is 0 Å². The van der Waals surface area contributed by atoms with Gasteiger partial charge in [-0.05, 0) is 31.0 Å². The van der Waals surface area contributed by atoms with Gasteiger partial charge in [0, 0.05) is 18.7 Å². The second kappa shape index (κ2) is 4.31. The summed E-state index contributed by atoms with van der Waals surface area (Å²) in [6.45, 7) is 0.994. The first-order valence-electron chi connectivity index (χ1n) is 6.07. The van der Waals surface area contributed by atoms with E-state index < -0.39 is 0 Å². The topological polar surface area (TPSA) is 39.2 Å². The normalized spacial score (nSPS) is 15.0. The number of hydrogen-bond acceptors (Lipinski definition) is 3. The molecule has 0 bridgehead atoms. The number of nitrogens with one attached hydrogen (secondary N) is 1. The molecule has 0 amide bonds. The SMILES string of the molecule is COc1cc2[nH]c(=S)n(CC3CC3)c2cc1OC. The largest absolute Gasteiger partial charge is 0.493 e. The standard InChI is InChI=1S/C13H16N2O2S/c1-16-11-5-9-10(6-12(11)17-2)15(13(18)14-9)7-8-3-4-8/h5-6,8H,3-4,7H2,1-2H3,(H,14,18). The van der Waals surface area contributed by atoms with Gasteiger partial charge in [-0.1, -0.05) is 0 Å². The zero-order valence-electron chi connectivity index (χ0n) is 10.5. The average Bonchev–Trinajstić information content (AvgIpc) is 3.14. The van der Waals surface area contributed by atoms with Crippen molar-refractivity contribution in [2.24, 2.45) is 5.92 Å². The quantitative estimate of drug-likeness (QED) is 0.862. The highest BCUT2D eigenvalue weighted by Gasteiger charge is 2.23. The van der Waals surface area contributed by atoms with Gasteiger partial charge in [-0.25, -0.2) is 0 Å². The minimum absolute atomic E-state index is 0.722. The molecule has 2 aromatic rings. The molecule has 1 N–H and O–H groups in total.